The van der Waals surface area contributed by atoms with Crippen molar-refractivity contribution in [1.82, 2.24) is 0 Å². The van der Waals surface area contributed by atoms with Gasteiger partial charge in [0.15, 0.2) is 0 Å². The van der Waals surface area contributed by atoms with Crippen molar-refractivity contribution in [2.24, 2.45) is 4.99 Å². The van der Waals surface area contributed by atoms with Crippen molar-refractivity contribution in [3.05, 3.63) is 29.3 Å². The third kappa shape index (κ3) is 3.17. The molecule has 0 unspecified atom stereocenters. The number of rotatable bonds is 4. The van der Waals surface area contributed by atoms with E-state index in [9.17, 15) is 0 Å². The molecule has 0 saturated carbocycles. The molecule has 0 bridgehead atoms. The summed E-state index contributed by atoms with van der Waals surface area (Å²) in [5, 5.41) is 0. The highest BCUT2D eigenvalue weighted by molar-refractivity contribution is 5.86. The lowest BCUT2D eigenvalue weighted by molar-refractivity contribution is 0.245. The average Bonchev–Trinajstić information content (AvgIpc) is 2.21. The Hall–Kier alpha value is -1.15. The van der Waals surface area contributed by atoms with Crippen LogP contribution in [0.4, 0.5) is 5.69 Å². The smallest absolute Gasteiger partial charge is 0.0842 e. The van der Waals surface area contributed by atoms with Crippen LogP contribution in [0.3, 0.4) is 0 Å². The van der Waals surface area contributed by atoms with Gasteiger partial charge in [-0.1, -0.05) is 25.1 Å². The molecule has 0 amide bonds. The van der Waals surface area contributed by atoms with Gasteiger partial charge in [0.1, 0.15) is 0 Å². The van der Waals surface area contributed by atoms with Crippen LogP contribution in [0.1, 0.15) is 25.0 Å². The SMILES string of the molecule is CCc1cccc(C)c1/N=C(/C)COC. The van der Waals surface area contributed by atoms with Gasteiger partial charge in [0.05, 0.1) is 12.3 Å². The first-order valence-electron chi connectivity index (χ1n) is 5.30. The highest BCUT2D eigenvalue weighted by Crippen LogP contribution is 2.24. The quantitative estimate of drug-likeness (QED) is 0.691. The second-order valence-electron chi connectivity index (χ2n) is 3.72. The van der Waals surface area contributed by atoms with E-state index < -0.39 is 0 Å². The standard InChI is InChI=1S/C13H19NO/c1-5-12-8-6-7-10(2)13(12)14-11(3)9-15-4/h6-8H,5,9H2,1-4H3/b14-11-. The number of methoxy groups -OCH3 is 1. The van der Waals surface area contributed by atoms with Crippen LogP contribution in [0.25, 0.3) is 0 Å². The van der Waals surface area contributed by atoms with Gasteiger partial charge in [-0.15, -0.1) is 0 Å². The van der Waals surface area contributed by atoms with Gasteiger partial charge in [-0.3, -0.25) is 4.99 Å². The summed E-state index contributed by atoms with van der Waals surface area (Å²) in [6.45, 7) is 6.84. The topological polar surface area (TPSA) is 21.6 Å². The van der Waals surface area contributed by atoms with Crippen LogP contribution in [0.2, 0.25) is 0 Å². The molecule has 2 nitrogen and oxygen atoms in total. The van der Waals surface area contributed by atoms with Crippen LogP contribution in [0.5, 0.6) is 0 Å². The lowest BCUT2D eigenvalue weighted by atomic mass is 10.1. The average molecular weight is 205 g/mol. The van der Waals surface area contributed by atoms with Crippen molar-refractivity contribution < 1.29 is 4.74 Å². The molecule has 15 heavy (non-hydrogen) atoms. The minimum atomic E-state index is 0.595. The second kappa shape index (κ2) is 5.66. The van der Waals surface area contributed by atoms with Gasteiger partial charge in [-0.05, 0) is 31.4 Å². The molecular weight excluding hydrogens is 186 g/mol. The maximum absolute atomic E-state index is 5.06. The third-order valence-electron chi connectivity index (χ3n) is 2.36. The van der Waals surface area contributed by atoms with E-state index in [0.717, 1.165) is 17.8 Å². The first-order valence-corrected chi connectivity index (χ1v) is 5.30. The van der Waals surface area contributed by atoms with Crippen molar-refractivity contribution >= 4 is 11.4 Å². The summed E-state index contributed by atoms with van der Waals surface area (Å²) in [6, 6.07) is 6.31. The van der Waals surface area contributed by atoms with Crippen molar-refractivity contribution in [3.8, 4) is 0 Å². The van der Waals surface area contributed by atoms with Gasteiger partial charge in [0.2, 0.25) is 0 Å². The zero-order valence-electron chi connectivity index (χ0n) is 10.0. The monoisotopic (exact) mass is 205 g/mol. The molecule has 0 radical (unpaired) electrons. The molecule has 1 aromatic rings. The Kier molecular flexibility index (Phi) is 4.50. The van der Waals surface area contributed by atoms with E-state index in [2.05, 4.69) is 37.0 Å². The molecule has 0 spiro atoms. The lowest BCUT2D eigenvalue weighted by Gasteiger charge is -2.07. The Bertz CT molecular complexity index is 356. The largest absolute Gasteiger partial charge is 0.379 e. The summed E-state index contributed by atoms with van der Waals surface area (Å²) in [5.74, 6) is 0. The Morgan fingerprint density at radius 2 is 2.13 bits per heavy atom. The van der Waals surface area contributed by atoms with Crippen LogP contribution in [-0.2, 0) is 11.2 Å². The number of nitrogens with zero attached hydrogens (tertiary/aromatic N) is 1. The molecule has 0 aliphatic carbocycles. The maximum atomic E-state index is 5.06. The van der Waals surface area contributed by atoms with Crippen LogP contribution < -0.4 is 0 Å². The van der Waals surface area contributed by atoms with Crippen LogP contribution >= 0.6 is 0 Å². The number of aryl methyl sites for hydroxylation is 2. The molecule has 1 aromatic carbocycles. The van der Waals surface area contributed by atoms with Crippen LogP contribution in [0.15, 0.2) is 23.2 Å². The molecule has 0 saturated heterocycles. The molecule has 0 N–H and O–H groups in total. The Labute approximate surface area is 92.0 Å². The number of para-hydroxylation sites is 1. The molecular formula is C13H19NO. The van der Waals surface area contributed by atoms with E-state index in [1.807, 2.05) is 6.92 Å². The number of hydrogen-bond donors (Lipinski definition) is 0. The summed E-state index contributed by atoms with van der Waals surface area (Å²) in [5.41, 5.74) is 4.64. The summed E-state index contributed by atoms with van der Waals surface area (Å²) in [4.78, 5) is 4.61. The van der Waals surface area contributed by atoms with Crippen molar-refractivity contribution in [2.45, 2.75) is 27.2 Å². The van der Waals surface area contributed by atoms with E-state index >= 15 is 0 Å². The second-order valence-corrected chi connectivity index (χ2v) is 3.72. The van der Waals surface area contributed by atoms with E-state index in [1.165, 1.54) is 11.1 Å². The fraction of sp³-hybridized carbons (Fsp3) is 0.462. The van der Waals surface area contributed by atoms with Crippen molar-refractivity contribution in [2.75, 3.05) is 13.7 Å². The van der Waals surface area contributed by atoms with Gasteiger partial charge in [0.25, 0.3) is 0 Å². The van der Waals surface area contributed by atoms with Crippen molar-refractivity contribution in [1.29, 1.82) is 0 Å². The fourth-order valence-corrected chi connectivity index (χ4v) is 1.60. The first kappa shape index (κ1) is 11.9. The Balaban J connectivity index is 3.06. The molecule has 0 heterocycles. The minimum absolute atomic E-state index is 0.595. The minimum Gasteiger partial charge on any atom is -0.379 e. The van der Waals surface area contributed by atoms with Gasteiger partial charge in [-0.2, -0.15) is 0 Å². The summed E-state index contributed by atoms with van der Waals surface area (Å²) < 4.78 is 5.06. The molecule has 0 aromatic heterocycles. The van der Waals surface area contributed by atoms with Gasteiger partial charge in [-0.25, -0.2) is 0 Å². The number of hydrogen-bond acceptors (Lipinski definition) is 2. The first-order chi connectivity index (χ1) is 7.19. The third-order valence-corrected chi connectivity index (χ3v) is 2.36. The summed E-state index contributed by atoms with van der Waals surface area (Å²) >= 11 is 0. The predicted molar refractivity (Wildman–Crippen MR) is 65.2 cm³/mol. The Morgan fingerprint density at radius 1 is 1.40 bits per heavy atom. The van der Waals surface area contributed by atoms with Gasteiger partial charge >= 0.3 is 0 Å². The van der Waals surface area contributed by atoms with E-state index in [-0.39, 0.29) is 0 Å². The molecule has 0 atom stereocenters. The highest BCUT2D eigenvalue weighted by atomic mass is 16.5. The van der Waals surface area contributed by atoms with Crippen LogP contribution in [0, 0.1) is 6.92 Å². The van der Waals surface area contributed by atoms with Gasteiger partial charge in [0, 0.05) is 12.8 Å². The zero-order chi connectivity index (χ0) is 11.3. The fourth-order valence-electron chi connectivity index (χ4n) is 1.60. The number of ether oxygens (including phenoxy) is 1. The zero-order valence-corrected chi connectivity index (χ0v) is 10.0. The molecule has 2 heteroatoms. The molecule has 82 valence electrons. The molecule has 0 aliphatic heterocycles. The van der Waals surface area contributed by atoms with E-state index in [0.29, 0.717) is 6.61 Å². The van der Waals surface area contributed by atoms with Crippen LogP contribution in [-0.4, -0.2) is 19.4 Å². The van der Waals surface area contributed by atoms with E-state index in [4.69, 9.17) is 4.74 Å². The normalized spacial score (nSPS) is 11.9. The molecule has 1 rings (SSSR count). The maximum Gasteiger partial charge on any atom is 0.0842 e. The summed E-state index contributed by atoms with van der Waals surface area (Å²) in [7, 11) is 1.69. The van der Waals surface area contributed by atoms with E-state index in [1.54, 1.807) is 7.11 Å². The predicted octanol–water partition coefficient (Wildman–Crippen LogP) is 3.30. The van der Waals surface area contributed by atoms with Crippen molar-refractivity contribution in [3.63, 3.8) is 0 Å². The molecule has 0 aliphatic rings. The lowest BCUT2D eigenvalue weighted by Crippen LogP contribution is -2.01. The molecule has 0 fully saturated rings. The summed E-state index contributed by atoms with van der Waals surface area (Å²) in [6.07, 6.45) is 1.01. The highest BCUT2D eigenvalue weighted by Gasteiger charge is 2.02. The Morgan fingerprint density at radius 3 is 2.73 bits per heavy atom. The van der Waals surface area contributed by atoms with Gasteiger partial charge < -0.3 is 4.74 Å². The number of aliphatic imine (C=N–C) groups is 1. The number of benzene rings is 1.